The zero-order valence-corrected chi connectivity index (χ0v) is 19.7. The number of rotatable bonds is 9. The van der Waals surface area contributed by atoms with Gasteiger partial charge in [-0.15, -0.1) is 0 Å². The van der Waals surface area contributed by atoms with Gasteiger partial charge < -0.3 is 24.3 Å². The number of ether oxygens (including phenoxy) is 4. The van der Waals surface area contributed by atoms with Gasteiger partial charge >= 0.3 is 5.97 Å². The van der Waals surface area contributed by atoms with Gasteiger partial charge in [-0.25, -0.2) is 13.2 Å². The number of anilines is 1. The molecular weight excluding hydrogens is 464 g/mol. The minimum atomic E-state index is -4.12. The average Bonchev–Trinajstić information content (AvgIpc) is 2.77. The summed E-state index contributed by atoms with van der Waals surface area (Å²) >= 11 is 5.93. The van der Waals surface area contributed by atoms with Crippen LogP contribution >= 0.6 is 11.6 Å². The number of sulfonamides is 1. The third kappa shape index (κ3) is 5.42. The highest BCUT2D eigenvalue weighted by Gasteiger charge is 2.27. The number of methoxy groups -OCH3 is 4. The van der Waals surface area contributed by atoms with Crippen LogP contribution in [0.2, 0.25) is 5.02 Å². The maximum Gasteiger partial charge on any atom is 0.340 e. The lowest BCUT2D eigenvalue weighted by atomic mass is 10.1. The van der Waals surface area contributed by atoms with Crippen LogP contribution in [-0.2, 0) is 19.6 Å². The van der Waals surface area contributed by atoms with Crippen LogP contribution in [0.5, 0.6) is 17.2 Å². The molecule has 2 aromatic carbocycles. The molecule has 2 aromatic rings. The topological polar surface area (TPSA) is 120 Å². The number of carbonyl (C=O) groups is 2. The van der Waals surface area contributed by atoms with E-state index in [9.17, 15) is 18.0 Å². The lowest BCUT2D eigenvalue weighted by molar-refractivity contribution is -0.116. The lowest BCUT2D eigenvalue weighted by Crippen LogP contribution is -2.35. The molecule has 1 amide bonds. The Morgan fingerprint density at radius 2 is 1.56 bits per heavy atom. The Balaban J connectivity index is 2.32. The monoisotopic (exact) mass is 486 g/mol. The zero-order chi connectivity index (χ0) is 24.1. The number of nitrogens with zero attached hydrogens (tertiary/aromatic N) is 1. The van der Waals surface area contributed by atoms with Crippen LogP contribution < -0.4 is 19.5 Å². The molecule has 0 unspecified atom stereocenters. The molecule has 0 aliphatic heterocycles. The van der Waals surface area contributed by atoms with Crippen molar-refractivity contribution in [2.75, 3.05) is 47.3 Å². The molecule has 0 fully saturated rings. The van der Waals surface area contributed by atoms with Gasteiger partial charge in [0.25, 0.3) is 0 Å². The second kappa shape index (κ2) is 10.5. The molecule has 0 aromatic heterocycles. The summed E-state index contributed by atoms with van der Waals surface area (Å²) < 4.78 is 46.9. The SMILES string of the molecule is COC(=O)c1cc(OC)c(OC)cc1NC(=O)CN(C)S(=O)(=O)c1cc(Cl)ccc1OC. The van der Waals surface area contributed by atoms with Gasteiger partial charge in [-0.05, 0) is 18.2 Å². The van der Waals surface area contributed by atoms with E-state index in [0.717, 1.165) is 4.31 Å². The second-order valence-electron chi connectivity index (χ2n) is 6.35. The van der Waals surface area contributed by atoms with Gasteiger partial charge in [-0.3, -0.25) is 4.79 Å². The quantitative estimate of drug-likeness (QED) is 0.536. The van der Waals surface area contributed by atoms with E-state index >= 15 is 0 Å². The van der Waals surface area contributed by atoms with Crippen LogP contribution in [0.3, 0.4) is 0 Å². The highest BCUT2D eigenvalue weighted by molar-refractivity contribution is 7.89. The molecule has 0 bridgehead atoms. The van der Waals surface area contributed by atoms with Crippen molar-refractivity contribution in [2.45, 2.75) is 4.90 Å². The van der Waals surface area contributed by atoms with Crippen LogP contribution in [0, 0.1) is 0 Å². The van der Waals surface area contributed by atoms with Gasteiger partial charge in [0.15, 0.2) is 11.5 Å². The standard InChI is InChI=1S/C20H23ClN2O8S/c1-23(32(26,27)18-8-12(21)6-7-15(18)28-2)11-19(24)22-14-10-17(30-4)16(29-3)9-13(14)20(25)31-5/h6-10H,11H2,1-5H3,(H,22,24). The van der Waals surface area contributed by atoms with E-state index in [1.54, 1.807) is 0 Å². The largest absolute Gasteiger partial charge is 0.495 e. The van der Waals surface area contributed by atoms with E-state index in [2.05, 4.69) is 5.32 Å². The Hall–Kier alpha value is -3.02. The predicted molar refractivity (Wildman–Crippen MR) is 117 cm³/mol. The third-order valence-corrected chi connectivity index (χ3v) is 6.44. The van der Waals surface area contributed by atoms with Crippen molar-refractivity contribution < 1.29 is 37.0 Å². The molecule has 0 saturated carbocycles. The predicted octanol–water partition coefficient (Wildman–Crippen LogP) is 2.41. The molecule has 0 heterocycles. The summed E-state index contributed by atoms with van der Waals surface area (Å²) in [5.41, 5.74) is 0.0613. The van der Waals surface area contributed by atoms with Crippen molar-refractivity contribution in [2.24, 2.45) is 0 Å². The molecule has 1 N–H and O–H groups in total. The first kappa shape index (κ1) is 25.2. The number of nitrogens with one attached hydrogen (secondary N) is 1. The zero-order valence-electron chi connectivity index (χ0n) is 18.1. The first-order valence-electron chi connectivity index (χ1n) is 9.03. The molecule has 0 atom stereocenters. The molecular formula is C20H23ClN2O8S. The Kier molecular flexibility index (Phi) is 8.31. The van der Waals surface area contributed by atoms with Gasteiger partial charge in [0.1, 0.15) is 10.6 Å². The Bertz CT molecular complexity index is 1120. The number of benzene rings is 2. The molecule has 0 aliphatic carbocycles. The van der Waals surface area contributed by atoms with Gasteiger partial charge in [0.2, 0.25) is 15.9 Å². The Labute approximate surface area is 191 Å². The highest BCUT2D eigenvalue weighted by atomic mass is 35.5. The smallest absolute Gasteiger partial charge is 0.340 e. The average molecular weight is 487 g/mol. The van der Waals surface area contributed by atoms with Crippen LogP contribution in [0.15, 0.2) is 35.2 Å². The fraction of sp³-hybridized carbons (Fsp3) is 0.300. The summed E-state index contributed by atoms with van der Waals surface area (Å²) in [6.45, 7) is -0.563. The van der Waals surface area contributed by atoms with Gasteiger partial charge in [-0.2, -0.15) is 4.31 Å². The van der Waals surface area contributed by atoms with Gasteiger partial charge in [-0.1, -0.05) is 11.6 Å². The maximum absolute atomic E-state index is 13.0. The molecule has 0 saturated heterocycles. The number of hydrogen-bond acceptors (Lipinski definition) is 8. The summed E-state index contributed by atoms with van der Waals surface area (Å²) in [6, 6.07) is 6.84. The van der Waals surface area contributed by atoms with E-state index in [1.165, 1.54) is 65.8 Å². The van der Waals surface area contributed by atoms with Crippen LogP contribution in [-0.4, -0.2) is 66.6 Å². The van der Waals surface area contributed by atoms with Gasteiger partial charge in [0.05, 0.1) is 46.2 Å². The van der Waals surface area contributed by atoms with Crippen molar-refractivity contribution in [1.82, 2.24) is 4.31 Å². The summed E-state index contributed by atoms with van der Waals surface area (Å²) in [5.74, 6) is -0.867. The second-order valence-corrected chi connectivity index (χ2v) is 8.80. The summed E-state index contributed by atoms with van der Waals surface area (Å²) in [7, 11) is 2.39. The van der Waals surface area contributed by atoms with Crippen LogP contribution in [0.25, 0.3) is 0 Å². The first-order valence-corrected chi connectivity index (χ1v) is 10.8. The highest BCUT2D eigenvalue weighted by Crippen LogP contribution is 2.34. The molecule has 2 rings (SSSR count). The molecule has 0 radical (unpaired) electrons. The fourth-order valence-electron chi connectivity index (χ4n) is 2.76. The molecule has 10 nitrogen and oxygen atoms in total. The van der Waals surface area contributed by atoms with Gasteiger partial charge in [0, 0.05) is 24.2 Å². The normalized spacial score (nSPS) is 11.1. The maximum atomic E-state index is 13.0. The van der Waals surface area contributed by atoms with Crippen LogP contribution in [0.1, 0.15) is 10.4 Å². The Morgan fingerprint density at radius 3 is 2.12 bits per heavy atom. The van der Waals surface area contributed by atoms with Crippen LogP contribution in [0.4, 0.5) is 5.69 Å². The van der Waals surface area contributed by atoms with E-state index < -0.39 is 28.4 Å². The lowest BCUT2D eigenvalue weighted by Gasteiger charge is -2.19. The Morgan fingerprint density at radius 1 is 0.969 bits per heavy atom. The molecule has 32 heavy (non-hydrogen) atoms. The van der Waals surface area contributed by atoms with Crippen molar-refractivity contribution in [3.8, 4) is 17.2 Å². The van der Waals surface area contributed by atoms with E-state index in [-0.39, 0.29) is 38.4 Å². The molecule has 12 heteroatoms. The molecule has 174 valence electrons. The number of amides is 1. The summed E-state index contributed by atoms with van der Waals surface area (Å²) in [4.78, 5) is 24.6. The van der Waals surface area contributed by atoms with Crippen molar-refractivity contribution >= 4 is 39.2 Å². The third-order valence-electron chi connectivity index (χ3n) is 4.38. The number of carbonyl (C=O) groups excluding carboxylic acids is 2. The molecule has 0 spiro atoms. The van der Waals surface area contributed by atoms with E-state index in [1.807, 2.05) is 0 Å². The number of esters is 1. The minimum absolute atomic E-state index is 0.000482. The fourth-order valence-corrected chi connectivity index (χ4v) is 4.30. The number of likely N-dealkylation sites (N-methyl/N-ethyl adjacent to an activating group) is 1. The number of halogens is 1. The molecule has 0 aliphatic rings. The van der Waals surface area contributed by atoms with E-state index in [0.29, 0.717) is 0 Å². The summed E-state index contributed by atoms with van der Waals surface area (Å²) in [6.07, 6.45) is 0. The van der Waals surface area contributed by atoms with Crippen molar-refractivity contribution in [1.29, 1.82) is 0 Å². The minimum Gasteiger partial charge on any atom is -0.495 e. The van der Waals surface area contributed by atoms with E-state index in [4.69, 9.17) is 30.5 Å². The number of hydrogen-bond donors (Lipinski definition) is 1. The first-order chi connectivity index (χ1) is 15.1. The van der Waals surface area contributed by atoms with Crippen molar-refractivity contribution in [3.63, 3.8) is 0 Å². The van der Waals surface area contributed by atoms with Crippen molar-refractivity contribution in [3.05, 3.63) is 40.9 Å². The summed E-state index contributed by atoms with van der Waals surface area (Å²) in [5, 5.41) is 2.70.